The van der Waals surface area contributed by atoms with E-state index in [2.05, 4.69) is 5.32 Å². The zero-order chi connectivity index (χ0) is 13.8. The van der Waals surface area contributed by atoms with Gasteiger partial charge in [-0.25, -0.2) is 0 Å². The first kappa shape index (κ1) is 13.8. The molecule has 1 unspecified atom stereocenters. The van der Waals surface area contributed by atoms with Crippen molar-refractivity contribution >= 4 is 11.6 Å². The number of benzene rings is 1. The fourth-order valence-corrected chi connectivity index (χ4v) is 2.32. The molecule has 0 aromatic heterocycles. The van der Waals surface area contributed by atoms with E-state index in [1.54, 1.807) is 4.90 Å². The van der Waals surface area contributed by atoms with Gasteiger partial charge in [0.15, 0.2) is 0 Å². The monoisotopic (exact) mass is 264 g/mol. The van der Waals surface area contributed by atoms with Crippen molar-refractivity contribution in [3.05, 3.63) is 29.3 Å². The molecule has 0 radical (unpaired) electrons. The van der Waals surface area contributed by atoms with Gasteiger partial charge < -0.3 is 20.1 Å². The molecular weight excluding hydrogens is 244 g/mol. The first-order chi connectivity index (χ1) is 9.17. The Kier molecular flexibility index (Phi) is 4.39. The van der Waals surface area contributed by atoms with Crippen molar-refractivity contribution in [3.8, 4) is 0 Å². The maximum absolute atomic E-state index is 12.5. The molecule has 1 saturated heterocycles. The molecule has 1 aromatic carbocycles. The molecule has 1 amide bonds. The summed E-state index contributed by atoms with van der Waals surface area (Å²) >= 11 is 0. The van der Waals surface area contributed by atoms with Gasteiger partial charge in [-0.3, -0.25) is 4.79 Å². The van der Waals surface area contributed by atoms with Gasteiger partial charge >= 0.3 is 0 Å². The van der Waals surface area contributed by atoms with Crippen LogP contribution in [0.15, 0.2) is 18.2 Å². The molecule has 0 bridgehead atoms. The highest BCUT2D eigenvalue weighted by atomic mass is 16.5. The number of hydrogen-bond donors (Lipinski definition) is 2. The van der Waals surface area contributed by atoms with E-state index in [1.165, 1.54) is 0 Å². The van der Waals surface area contributed by atoms with Crippen molar-refractivity contribution in [1.29, 1.82) is 0 Å². The predicted octanol–water partition coefficient (Wildman–Crippen LogP) is 0.870. The van der Waals surface area contributed by atoms with E-state index in [1.807, 2.05) is 32.2 Å². The molecule has 1 fully saturated rings. The molecule has 1 aliphatic heterocycles. The Morgan fingerprint density at radius 2 is 2.37 bits per heavy atom. The minimum Gasteiger partial charge on any atom is -0.394 e. The normalized spacial score (nSPS) is 19.3. The third-order valence-electron chi connectivity index (χ3n) is 3.44. The van der Waals surface area contributed by atoms with Crippen molar-refractivity contribution in [2.45, 2.75) is 13.0 Å². The van der Waals surface area contributed by atoms with Crippen LogP contribution in [0, 0.1) is 6.92 Å². The molecule has 19 heavy (non-hydrogen) atoms. The van der Waals surface area contributed by atoms with Crippen molar-refractivity contribution in [2.75, 3.05) is 38.7 Å². The van der Waals surface area contributed by atoms with Gasteiger partial charge in [-0.15, -0.1) is 0 Å². The Labute approximate surface area is 113 Å². The third kappa shape index (κ3) is 2.88. The Hall–Kier alpha value is -1.59. The Morgan fingerprint density at radius 3 is 3.00 bits per heavy atom. The highest BCUT2D eigenvalue weighted by Gasteiger charge is 2.27. The first-order valence-electron chi connectivity index (χ1n) is 6.45. The van der Waals surface area contributed by atoms with Crippen LogP contribution in [0.1, 0.15) is 15.9 Å². The number of carbonyl (C=O) groups is 1. The van der Waals surface area contributed by atoms with Gasteiger partial charge in [-0.05, 0) is 30.7 Å². The van der Waals surface area contributed by atoms with Crippen LogP contribution >= 0.6 is 0 Å². The van der Waals surface area contributed by atoms with Crippen LogP contribution in [0.3, 0.4) is 0 Å². The minimum absolute atomic E-state index is 0.0481. The molecule has 0 spiro atoms. The number of morpholine rings is 1. The number of nitrogens with zero attached hydrogens (tertiary/aromatic N) is 1. The first-order valence-corrected chi connectivity index (χ1v) is 6.45. The Balaban J connectivity index is 2.20. The molecule has 0 saturated carbocycles. The number of aliphatic hydroxyl groups is 1. The summed E-state index contributed by atoms with van der Waals surface area (Å²) in [5, 5.41) is 12.4. The SMILES string of the molecule is CNc1ccc(C(=O)N2CCOCC2CO)cc1C. The van der Waals surface area contributed by atoms with Crippen molar-refractivity contribution in [2.24, 2.45) is 0 Å². The van der Waals surface area contributed by atoms with E-state index < -0.39 is 0 Å². The van der Waals surface area contributed by atoms with Gasteiger partial charge in [-0.2, -0.15) is 0 Å². The molecule has 1 aliphatic rings. The smallest absolute Gasteiger partial charge is 0.254 e. The van der Waals surface area contributed by atoms with Crippen LogP contribution < -0.4 is 5.32 Å². The quantitative estimate of drug-likeness (QED) is 0.850. The van der Waals surface area contributed by atoms with Gasteiger partial charge in [0.2, 0.25) is 0 Å². The molecule has 2 N–H and O–H groups in total. The van der Waals surface area contributed by atoms with Crippen LogP contribution in [0.5, 0.6) is 0 Å². The van der Waals surface area contributed by atoms with Crippen LogP contribution in [0.25, 0.3) is 0 Å². The standard InChI is InChI=1S/C14H20N2O3/c1-10-7-11(3-4-13(10)15-2)14(18)16-5-6-19-9-12(16)8-17/h3-4,7,12,15,17H,5-6,8-9H2,1-2H3. The highest BCUT2D eigenvalue weighted by molar-refractivity contribution is 5.95. The van der Waals surface area contributed by atoms with Crippen molar-refractivity contribution < 1.29 is 14.6 Å². The lowest BCUT2D eigenvalue weighted by molar-refractivity contribution is -0.0183. The molecule has 1 heterocycles. The Bertz CT molecular complexity index is 462. The summed E-state index contributed by atoms with van der Waals surface area (Å²) in [5.41, 5.74) is 2.69. The number of nitrogens with one attached hydrogen (secondary N) is 1. The second-order valence-corrected chi connectivity index (χ2v) is 4.69. The maximum atomic E-state index is 12.5. The second kappa shape index (κ2) is 6.04. The van der Waals surface area contributed by atoms with E-state index >= 15 is 0 Å². The minimum atomic E-state index is -0.245. The van der Waals surface area contributed by atoms with Crippen LogP contribution in [-0.4, -0.2) is 55.4 Å². The van der Waals surface area contributed by atoms with Crippen LogP contribution in [-0.2, 0) is 4.74 Å². The van der Waals surface area contributed by atoms with Gasteiger partial charge in [0, 0.05) is 24.8 Å². The zero-order valence-corrected chi connectivity index (χ0v) is 11.3. The van der Waals surface area contributed by atoms with E-state index in [-0.39, 0.29) is 18.6 Å². The fraction of sp³-hybridized carbons (Fsp3) is 0.500. The molecule has 5 nitrogen and oxygen atoms in total. The highest BCUT2D eigenvalue weighted by Crippen LogP contribution is 2.18. The lowest BCUT2D eigenvalue weighted by atomic mass is 10.1. The van der Waals surface area contributed by atoms with Gasteiger partial charge in [0.25, 0.3) is 5.91 Å². The summed E-state index contributed by atoms with van der Waals surface area (Å²) < 4.78 is 5.29. The third-order valence-corrected chi connectivity index (χ3v) is 3.44. The molecule has 1 atom stereocenters. The number of anilines is 1. The lowest BCUT2D eigenvalue weighted by Gasteiger charge is -2.34. The largest absolute Gasteiger partial charge is 0.394 e. The number of ether oxygens (including phenoxy) is 1. The fourth-order valence-electron chi connectivity index (χ4n) is 2.32. The molecular formula is C14H20N2O3. The lowest BCUT2D eigenvalue weighted by Crippen LogP contribution is -2.50. The number of aliphatic hydroxyl groups excluding tert-OH is 1. The average Bonchev–Trinajstić information content (AvgIpc) is 2.46. The zero-order valence-electron chi connectivity index (χ0n) is 11.3. The Morgan fingerprint density at radius 1 is 1.58 bits per heavy atom. The molecule has 0 aliphatic carbocycles. The summed E-state index contributed by atoms with van der Waals surface area (Å²) in [6.45, 7) is 3.34. The van der Waals surface area contributed by atoms with Crippen molar-refractivity contribution in [3.63, 3.8) is 0 Å². The van der Waals surface area contributed by atoms with E-state index in [0.717, 1.165) is 11.3 Å². The number of carbonyl (C=O) groups excluding carboxylic acids is 1. The topological polar surface area (TPSA) is 61.8 Å². The predicted molar refractivity (Wildman–Crippen MR) is 73.5 cm³/mol. The van der Waals surface area contributed by atoms with E-state index in [0.29, 0.717) is 25.3 Å². The van der Waals surface area contributed by atoms with Gasteiger partial charge in [-0.1, -0.05) is 0 Å². The van der Waals surface area contributed by atoms with Crippen molar-refractivity contribution in [1.82, 2.24) is 4.90 Å². The molecule has 1 aromatic rings. The molecule has 104 valence electrons. The number of rotatable bonds is 3. The van der Waals surface area contributed by atoms with Gasteiger partial charge in [0.1, 0.15) is 0 Å². The number of hydrogen-bond acceptors (Lipinski definition) is 4. The summed E-state index contributed by atoms with van der Waals surface area (Å²) in [7, 11) is 1.85. The second-order valence-electron chi connectivity index (χ2n) is 4.69. The van der Waals surface area contributed by atoms with Crippen LogP contribution in [0.4, 0.5) is 5.69 Å². The summed E-state index contributed by atoms with van der Waals surface area (Å²) in [6, 6.07) is 5.34. The summed E-state index contributed by atoms with van der Waals surface area (Å²) in [4.78, 5) is 14.2. The average molecular weight is 264 g/mol. The van der Waals surface area contributed by atoms with E-state index in [4.69, 9.17) is 4.74 Å². The summed E-state index contributed by atoms with van der Waals surface area (Å²) in [6.07, 6.45) is 0. The molecule has 2 rings (SSSR count). The van der Waals surface area contributed by atoms with E-state index in [9.17, 15) is 9.90 Å². The number of aryl methyl sites for hydroxylation is 1. The van der Waals surface area contributed by atoms with Crippen LogP contribution in [0.2, 0.25) is 0 Å². The maximum Gasteiger partial charge on any atom is 0.254 e. The molecule has 5 heteroatoms. The number of amides is 1. The van der Waals surface area contributed by atoms with Gasteiger partial charge in [0.05, 0.1) is 25.9 Å². The summed E-state index contributed by atoms with van der Waals surface area (Å²) in [5.74, 6) is -0.0481.